The summed E-state index contributed by atoms with van der Waals surface area (Å²) >= 11 is 0. The maximum Gasteiger partial charge on any atom is 0.220 e. The van der Waals surface area contributed by atoms with E-state index in [1.807, 2.05) is 0 Å². The molecule has 2 aliphatic heterocycles. The lowest BCUT2D eigenvalue weighted by molar-refractivity contribution is -0.122. The molecule has 4 rings (SSSR count). The third-order valence-corrected chi connectivity index (χ3v) is 5.17. The van der Waals surface area contributed by atoms with Crippen LogP contribution in [0.15, 0.2) is 22.9 Å². The Bertz CT molecular complexity index is 884. The second kappa shape index (κ2) is 7.31. The second-order valence-electron chi connectivity index (χ2n) is 7.01. The first-order valence-corrected chi connectivity index (χ1v) is 9.25. The van der Waals surface area contributed by atoms with Crippen LogP contribution in [0, 0.1) is 12.3 Å². The molecule has 0 spiro atoms. The molecule has 2 N–H and O–H groups in total. The van der Waals surface area contributed by atoms with Gasteiger partial charge in [-0.25, -0.2) is 15.0 Å². The zero-order valence-electron chi connectivity index (χ0n) is 15.1. The Kier molecular flexibility index (Phi) is 4.71. The average Bonchev–Trinajstić information content (AvgIpc) is 3.30. The lowest BCUT2D eigenvalue weighted by atomic mass is 10.0. The van der Waals surface area contributed by atoms with Gasteiger partial charge in [-0.1, -0.05) is 0 Å². The van der Waals surface area contributed by atoms with Gasteiger partial charge in [0.15, 0.2) is 17.1 Å². The van der Waals surface area contributed by atoms with Crippen molar-refractivity contribution < 1.29 is 4.79 Å². The molecule has 27 heavy (non-hydrogen) atoms. The van der Waals surface area contributed by atoms with E-state index in [2.05, 4.69) is 46.3 Å². The summed E-state index contributed by atoms with van der Waals surface area (Å²) in [5.41, 5.74) is 1.13. The number of aromatic amines is 1. The van der Waals surface area contributed by atoms with Crippen molar-refractivity contribution in [2.24, 2.45) is 10.2 Å². The van der Waals surface area contributed by atoms with Gasteiger partial charge in [0.05, 0.1) is 6.33 Å². The summed E-state index contributed by atoms with van der Waals surface area (Å²) in [6.07, 6.45) is 12.7. The van der Waals surface area contributed by atoms with Crippen molar-refractivity contribution in [3.05, 3.63) is 12.7 Å². The molecular weight excluding hydrogens is 344 g/mol. The van der Waals surface area contributed by atoms with Gasteiger partial charge in [0.25, 0.3) is 0 Å². The number of piperidine rings is 1. The second-order valence-corrected chi connectivity index (χ2v) is 7.01. The van der Waals surface area contributed by atoms with E-state index in [-0.39, 0.29) is 11.9 Å². The molecule has 0 saturated carbocycles. The van der Waals surface area contributed by atoms with Gasteiger partial charge >= 0.3 is 0 Å². The molecule has 2 aromatic heterocycles. The average molecular weight is 366 g/mol. The van der Waals surface area contributed by atoms with Crippen LogP contribution in [-0.2, 0) is 4.79 Å². The summed E-state index contributed by atoms with van der Waals surface area (Å²) in [5, 5.41) is 11.3. The zero-order valence-corrected chi connectivity index (χ0v) is 15.1. The molecule has 2 aliphatic rings. The molecule has 2 aromatic rings. The van der Waals surface area contributed by atoms with Crippen molar-refractivity contribution in [3.63, 3.8) is 0 Å². The van der Waals surface area contributed by atoms with Gasteiger partial charge in [0, 0.05) is 44.8 Å². The number of carbonyl (C=O) groups excluding carboxylic acids is 1. The number of nitrogens with zero attached hydrogens (tertiary/aromatic N) is 6. The smallest absolute Gasteiger partial charge is 0.220 e. The number of rotatable bonds is 7. The largest absolute Gasteiger partial charge is 0.355 e. The number of imidazole rings is 1. The van der Waals surface area contributed by atoms with E-state index in [1.165, 1.54) is 6.33 Å². The van der Waals surface area contributed by atoms with E-state index in [4.69, 9.17) is 6.42 Å². The molecule has 140 valence electrons. The van der Waals surface area contributed by atoms with Gasteiger partial charge in [-0.3, -0.25) is 4.79 Å². The van der Waals surface area contributed by atoms with Crippen LogP contribution in [-0.4, -0.2) is 50.6 Å². The molecule has 9 nitrogen and oxygen atoms in total. The first-order chi connectivity index (χ1) is 13.2. The number of H-pyrrole nitrogens is 1. The Balaban J connectivity index is 1.24. The molecule has 0 bridgehead atoms. The summed E-state index contributed by atoms with van der Waals surface area (Å²) in [4.78, 5) is 30.3. The van der Waals surface area contributed by atoms with E-state index >= 15 is 0 Å². The first kappa shape index (κ1) is 17.4. The van der Waals surface area contributed by atoms with Crippen LogP contribution in [0.25, 0.3) is 11.2 Å². The Morgan fingerprint density at radius 1 is 1.30 bits per heavy atom. The van der Waals surface area contributed by atoms with Gasteiger partial charge < -0.3 is 15.2 Å². The highest BCUT2D eigenvalue weighted by atomic mass is 16.1. The molecule has 1 fully saturated rings. The number of anilines is 1. The summed E-state index contributed by atoms with van der Waals surface area (Å²) in [5.74, 6) is 3.53. The lowest BCUT2D eigenvalue weighted by Gasteiger charge is -2.33. The van der Waals surface area contributed by atoms with Gasteiger partial charge in [0.2, 0.25) is 5.91 Å². The molecule has 0 unspecified atom stereocenters. The molecule has 0 aromatic carbocycles. The number of aromatic nitrogens is 4. The number of terminal acetylenes is 1. The number of nitrogens with one attached hydrogen (secondary N) is 2. The molecule has 4 heterocycles. The predicted octanol–water partition coefficient (Wildman–Crippen LogP) is 1.79. The van der Waals surface area contributed by atoms with Crippen molar-refractivity contribution in [2.45, 2.75) is 50.2 Å². The van der Waals surface area contributed by atoms with Crippen LogP contribution in [0.4, 0.5) is 5.82 Å². The minimum Gasteiger partial charge on any atom is -0.355 e. The van der Waals surface area contributed by atoms with Crippen molar-refractivity contribution in [1.82, 2.24) is 25.3 Å². The van der Waals surface area contributed by atoms with Crippen LogP contribution in [0.2, 0.25) is 0 Å². The molecule has 9 heteroatoms. The Labute approximate surface area is 157 Å². The van der Waals surface area contributed by atoms with Crippen LogP contribution in [0.5, 0.6) is 0 Å². The summed E-state index contributed by atoms with van der Waals surface area (Å²) in [7, 11) is 0. The SMILES string of the molecule is C#CCCC1(CCC(=O)NC2CCN(c3ncnc4nc[nH]c34)CC2)N=N1. The van der Waals surface area contributed by atoms with Gasteiger partial charge in [-0.15, -0.1) is 12.3 Å². The summed E-state index contributed by atoms with van der Waals surface area (Å²) in [6.45, 7) is 1.65. The number of fused-ring (bicyclic) bond motifs is 1. The first-order valence-electron chi connectivity index (χ1n) is 9.25. The van der Waals surface area contributed by atoms with E-state index in [9.17, 15) is 4.79 Å². The van der Waals surface area contributed by atoms with Crippen molar-refractivity contribution in [3.8, 4) is 12.3 Å². The Morgan fingerprint density at radius 2 is 2.11 bits per heavy atom. The normalized spacial score (nSPS) is 18.4. The van der Waals surface area contributed by atoms with Crippen molar-refractivity contribution in [1.29, 1.82) is 0 Å². The predicted molar refractivity (Wildman–Crippen MR) is 99.9 cm³/mol. The lowest BCUT2D eigenvalue weighted by Crippen LogP contribution is -2.45. The molecule has 0 radical (unpaired) electrons. The third-order valence-electron chi connectivity index (χ3n) is 5.17. The summed E-state index contributed by atoms with van der Waals surface area (Å²) in [6, 6.07) is 0.183. The summed E-state index contributed by atoms with van der Waals surface area (Å²) < 4.78 is 0. The fraction of sp³-hybridized carbons (Fsp3) is 0.556. The number of hydrogen-bond donors (Lipinski definition) is 2. The minimum absolute atomic E-state index is 0.0591. The van der Waals surface area contributed by atoms with Crippen LogP contribution >= 0.6 is 0 Å². The standard InChI is InChI=1S/C18H22N8O/c1-2-3-7-18(24-25-18)8-4-14(27)23-13-5-9-26(10-6-13)17-15-16(20-11-19-15)21-12-22-17/h1,11-13H,3-10H2,(H,23,27)(H,19,20,21,22). The van der Waals surface area contributed by atoms with E-state index in [1.54, 1.807) is 6.33 Å². The fourth-order valence-electron chi connectivity index (χ4n) is 3.51. The van der Waals surface area contributed by atoms with E-state index < -0.39 is 5.66 Å². The highest BCUT2D eigenvalue weighted by Gasteiger charge is 2.39. The Morgan fingerprint density at radius 3 is 2.85 bits per heavy atom. The minimum atomic E-state index is -0.393. The third kappa shape index (κ3) is 3.89. The monoisotopic (exact) mass is 366 g/mol. The molecule has 1 saturated heterocycles. The van der Waals surface area contributed by atoms with E-state index in [0.29, 0.717) is 24.9 Å². The van der Waals surface area contributed by atoms with Crippen LogP contribution in [0.1, 0.15) is 38.5 Å². The zero-order chi connectivity index (χ0) is 18.7. The molecule has 0 atom stereocenters. The maximum absolute atomic E-state index is 12.3. The molecular formula is C18H22N8O. The van der Waals surface area contributed by atoms with Crippen LogP contribution in [0.3, 0.4) is 0 Å². The molecule has 1 amide bonds. The topological polar surface area (TPSA) is 112 Å². The number of amides is 1. The van der Waals surface area contributed by atoms with Gasteiger partial charge in [-0.05, 0) is 12.8 Å². The van der Waals surface area contributed by atoms with E-state index in [0.717, 1.165) is 43.7 Å². The highest BCUT2D eigenvalue weighted by molar-refractivity contribution is 5.82. The van der Waals surface area contributed by atoms with Crippen LogP contribution < -0.4 is 10.2 Å². The van der Waals surface area contributed by atoms with Crippen molar-refractivity contribution >= 4 is 22.9 Å². The number of carbonyl (C=O) groups is 1. The fourth-order valence-corrected chi connectivity index (χ4v) is 3.51. The Hall–Kier alpha value is -3.02. The van der Waals surface area contributed by atoms with Gasteiger partial charge in [0.1, 0.15) is 11.8 Å². The quantitative estimate of drug-likeness (QED) is 0.726. The van der Waals surface area contributed by atoms with Gasteiger partial charge in [-0.2, -0.15) is 10.2 Å². The van der Waals surface area contributed by atoms with Crippen molar-refractivity contribution in [2.75, 3.05) is 18.0 Å². The molecule has 0 aliphatic carbocycles. The highest BCUT2D eigenvalue weighted by Crippen LogP contribution is 2.37. The number of hydrogen-bond acceptors (Lipinski definition) is 7. The maximum atomic E-state index is 12.3.